The molecule has 3 aromatic carbocycles. The zero-order valence-corrected chi connectivity index (χ0v) is 22.6. The molecule has 0 fully saturated rings. The number of ether oxygens (including phenoxy) is 2. The second-order valence-electron chi connectivity index (χ2n) is 7.08. The van der Waals surface area contributed by atoms with Gasteiger partial charge in [-0.25, -0.2) is 4.99 Å². The van der Waals surface area contributed by atoms with E-state index in [0.717, 1.165) is 46.0 Å². The summed E-state index contributed by atoms with van der Waals surface area (Å²) in [7, 11) is 3.36. The van der Waals surface area contributed by atoms with Crippen molar-refractivity contribution in [2.24, 2.45) is 4.99 Å². The maximum Gasteiger partial charge on any atom is 0.164 e. The number of rotatable bonds is 7. The molecule has 7 heteroatoms. The van der Waals surface area contributed by atoms with Crippen LogP contribution in [0.25, 0.3) is 0 Å². The molecule has 0 N–H and O–H groups in total. The van der Waals surface area contributed by atoms with Gasteiger partial charge in [-0.05, 0) is 72.3 Å². The van der Waals surface area contributed by atoms with E-state index in [0.29, 0.717) is 0 Å². The number of methoxy groups -OCH3 is 2. The zero-order chi connectivity index (χ0) is 22.2. The quantitative estimate of drug-likeness (QED) is 0.166. The van der Waals surface area contributed by atoms with Gasteiger partial charge in [0, 0.05) is 18.1 Å². The van der Waals surface area contributed by atoms with Crippen molar-refractivity contribution in [1.82, 2.24) is 4.90 Å². The van der Waals surface area contributed by atoms with Crippen LogP contribution in [-0.4, -0.2) is 30.5 Å². The van der Waals surface area contributed by atoms with Crippen molar-refractivity contribution in [3.63, 3.8) is 0 Å². The summed E-state index contributed by atoms with van der Waals surface area (Å²) in [4.78, 5) is 7.26. The summed E-state index contributed by atoms with van der Waals surface area (Å²) in [5, 5.41) is 1.66. The Kier molecular flexibility index (Phi) is 10.7. The number of thioether (sulfide) groups is 1. The monoisotopic (exact) mass is 582 g/mol. The number of aryl methyl sites for hydroxylation is 1. The van der Waals surface area contributed by atoms with Crippen molar-refractivity contribution in [3.8, 4) is 11.5 Å². The summed E-state index contributed by atoms with van der Waals surface area (Å²) >= 11 is 7.76. The van der Waals surface area contributed by atoms with Gasteiger partial charge in [-0.3, -0.25) is 0 Å². The fourth-order valence-corrected chi connectivity index (χ4v) is 3.99. The lowest BCUT2D eigenvalue weighted by Gasteiger charge is -2.26. The number of benzene rings is 3. The van der Waals surface area contributed by atoms with Gasteiger partial charge in [-0.15, -0.1) is 24.0 Å². The highest BCUT2D eigenvalue weighted by Crippen LogP contribution is 2.26. The van der Waals surface area contributed by atoms with Gasteiger partial charge in [0.05, 0.1) is 19.9 Å². The highest BCUT2D eigenvalue weighted by atomic mass is 127. The molecular formula is C25H28ClIN2O2S. The summed E-state index contributed by atoms with van der Waals surface area (Å²) in [6.45, 7) is 3.48. The van der Waals surface area contributed by atoms with Crippen LogP contribution in [-0.2, 0) is 13.1 Å². The summed E-state index contributed by atoms with van der Waals surface area (Å²) in [5.41, 5.74) is 4.34. The van der Waals surface area contributed by atoms with E-state index in [4.69, 9.17) is 26.1 Å². The van der Waals surface area contributed by atoms with Gasteiger partial charge in [0.2, 0.25) is 0 Å². The zero-order valence-electron chi connectivity index (χ0n) is 18.7. The molecular weight excluding hydrogens is 555 g/mol. The second-order valence-corrected chi connectivity index (χ2v) is 8.29. The second kappa shape index (κ2) is 13.0. The Morgan fingerprint density at radius 1 is 0.875 bits per heavy atom. The van der Waals surface area contributed by atoms with Crippen LogP contribution >= 0.6 is 47.3 Å². The molecule has 3 rings (SSSR count). The average Bonchev–Trinajstić information content (AvgIpc) is 2.79. The molecule has 0 radical (unpaired) electrons. The van der Waals surface area contributed by atoms with E-state index in [1.807, 2.05) is 49.4 Å². The van der Waals surface area contributed by atoms with Crippen LogP contribution in [0.4, 0.5) is 5.69 Å². The Bertz CT molecular complexity index is 978. The molecule has 32 heavy (non-hydrogen) atoms. The molecule has 0 bridgehead atoms. The van der Waals surface area contributed by atoms with Gasteiger partial charge in [0.1, 0.15) is 11.5 Å². The smallest absolute Gasteiger partial charge is 0.164 e. The molecule has 4 nitrogen and oxygen atoms in total. The van der Waals surface area contributed by atoms with Gasteiger partial charge >= 0.3 is 0 Å². The van der Waals surface area contributed by atoms with Crippen molar-refractivity contribution in [1.29, 1.82) is 0 Å². The van der Waals surface area contributed by atoms with Gasteiger partial charge in [0.25, 0.3) is 0 Å². The molecule has 0 aromatic heterocycles. The van der Waals surface area contributed by atoms with Crippen molar-refractivity contribution >= 4 is 58.2 Å². The Labute approximate surface area is 217 Å². The van der Waals surface area contributed by atoms with Crippen LogP contribution in [0.2, 0.25) is 5.02 Å². The van der Waals surface area contributed by atoms with Crippen molar-refractivity contribution in [2.75, 3.05) is 20.5 Å². The lowest BCUT2D eigenvalue weighted by Crippen LogP contribution is -2.27. The van der Waals surface area contributed by atoms with Gasteiger partial charge < -0.3 is 14.4 Å². The van der Waals surface area contributed by atoms with Crippen LogP contribution in [0.15, 0.2) is 71.7 Å². The third-order valence-corrected chi connectivity index (χ3v) is 5.84. The van der Waals surface area contributed by atoms with Crippen LogP contribution in [0.1, 0.15) is 16.7 Å². The lowest BCUT2D eigenvalue weighted by molar-refractivity contribution is 0.405. The maximum atomic E-state index is 6.13. The maximum absolute atomic E-state index is 6.13. The van der Waals surface area contributed by atoms with Crippen LogP contribution in [0.5, 0.6) is 11.5 Å². The van der Waals surface area contributed by atoms with E-state index in [-0.39, 0.29) is 24.0 Å². The molecule has 0 saturated carbocycles. The van der Waals surface area contributed by atoms with Gasteiger partial charge in [0.15, 0.2) is 5.17 Å². The molecule has 0 aliphatic heterocycles. The highest BCUT2D eigenvalue weighted by Gasteiger charge is 2.14. The minimum absolute atomic E-state index is 0. The van der Waals surface area contributed by atoms with Crippen LogP contribution < -0.4 is 9.47 Å². The molecule has 0 aliphatic rings. The van der Waals surface area contributed by atoms with E-state index in [1.165, 1.54) is 11.1 Å². The topological polar surface area (TPSA) is 34.1 Å². The summed E-state index contributed by atoms with van der Waals surface area (Å²) in [5.74, 6) is 1.70. The number of halogens is 2. The van der Waals surface area contributed by atoms with Crippen molar-refractivity contribution in [2.45, 2.75) is 20.0 Å². The Morgan fingerprint density at radius 2 is 1.38 bits per heavy atom. The SMILES string of the molecule is COc1ccc(CN(Cc2ccc(OC)cc2)C(=Nc2ccc(Cl)cc2C)SC)cc1.I. The van der Waals surface area contributed by atoms with Crippen LogP contribution in [0, 0.1) is 6.92 Å². The fourth-order valence-electron chi connectivity index (χ4n) is 3.19. The molecule has 0 unspecified atom stereocenters. The molecule has 170 valence electrons. The van der Waals surface area contributed by atoms with E-state index in [2.05, 4.69) is 35.4 Å². The number of hydrogen-bond donors (Lipinski definition) is 0. The minimum Gasteiger partial charge on any atom is -0.497 e. The Morgan fingerprint density at radius 3 is 1.78 bits per heavy atom. The number of hydrogen-bond acceptors (Lipinski definition) is 4. The third-order valence-electron chi connectivity index (χ3n) is 4.89. The Hall–Kier alpha value is -1.90. The molecule has 0 spiro atoms. The van der Waals surface area contributed by atoms with E-state index in [9.17, 15) is 0 Å². The number of aliphatic imine (C=N–C) groups is 1. The molecule has 0 heterocycles. The predicted molar refractivity (Wildman–Crippen MR) is 147 cm³/mol. The number of amidine groups is 1. The first-order chi connectivity index (χ1) is 15.0. The molecule has 0 aliphatic carbocycles. The van der Waals surface area contributed by atoms with Crippen molar-refractivity contribution < 1.29 is 9.47 Å². The lowest BCUT2D eigenvalue weighted by atomic mass is 10.1. The standard InChI is InChI=1S/C25H27ClN2O2S.HI/c1-18-15-21(26)9-14-24(18)27-25(31-4)28(16-19-5-10-22(29-2)11-6-19)17-20-7-12-23(30-3)13-8-20;/h5-15H,16-17H2,1-4H3;1H. The van der Waals surface area contributed by atoms with Crippen LogP contribution in [0.3, 0.4) is 0 Å². The minimum atomic E-state index is 0. The van der Waals surface area contributed by atoms with Gasteiger partial charge in [-0.2, -0.15) is 0 Å². The third kappa shape index (κ3) is 7.32. The average molecular weight is 583 g/mol. The first-order valence-corrected chi connectivity index (χ1v) is 11.5. The van der Waals surface area contributed by atoms with E-state index in [1.54, 1.807) is 26.0 Å². The molecule has 3 aromatic rings. The fraction of sp³-hybridized carbons (Fsp3) is 0.240. The largest absolute Gasteiger partial charge is 0.497 e. The first kappa shape index (κ1) is 26.4. The summed E-state index contributed by atoms with van der Waals surface area (Å²) in [6.07, 6.45) is 2.05. The van der Waals surface area contributed by atoms with E-state index >= 15 is 0 Å². The number of nitrogens with zero attached hydrogens (tertiary/aromatic N) is 2. The normalized spacial score (nSPS) is 11.0. The van der Waals surface area contributed by atoms with Crippen molar-refractivity contribution in [3.05, 3.63) is 88.4 Å². The highest BCUT2D eigenvalue weighted by molar-refractivity contribution is 14.0. The molecule has 0 saturated heterocycles. The Balaban J connectivity index is 0.00000363. The summed E-state index contributed by atoms with van der Waals surface area (Å²) in [6, 6.07) is 22.1. The predicted octanol–water partition coefficient (Wildman–Crippen LogP) is 7.34. The molecule has 0 amide bonds. The summed E-state index contributed by atoms with van der Waals surface area (Å²) < 4.78 is 10.6. The van der Waals surface area contributed by atoms with E-state index < -0.39 is 0 Å². The van der Waals surface area contributed by atoms with Gasteiger partial charge in [-0.1, -0.05) is 47.6 Å². The molecule has 0 atom stereocenters. The first-order valence-electron chi connectivity index (χ1n) is 9.92.